The number of nitrogens with one attached hydrogen (secondary N) is 1. The molecular weight excluding hydrogens is 330 g/mol. The Morgan fingerprint density at radius 1 is 1.12 bits per heavy atom. The molecule has 1 aromatic carbocycles. The van der Waals surface area contributed by atoms with Gasteiger partial charge < -0.3 is 19.5 Å². The first kappa shape index (κ1) is 17.7. The quantitative estimate of drug-likeness (QED) is 0.856. The number of halogens is 1. The number of hydrogen-bond acceptors (Lipinski definition) is 6. The number of benzene rings is 1. The molecule has 7 heteroatoms. The van der Waals surface area contributed by atoms with Gasteiger partial charge in [0.1, 0.15) is 11.9 Å². The highest BCUT2D eigenvalue weighted by Gasteiger charge is 2.17. The lowest BCUT2D eigenvalue weighted by Gasteiger charge is -2.19. The molecule has 0 saturated carbocycles. The van der Waals surface area contributed by atoms with E-state index < -0.39 is 0 Å². The maximum absolute atomic E-state index is 8.87. The molecule has 2 aromatic rings. The maximum Gasteiger partial charge on any atom is 0.203 e. The number of nitrogens with zero attached hydrogens (tertiary/aromatic N) is 2. The van der Waals surface area contributed by atoms with Crippen molar-refractivity contribution in [1.82, 2.24) is 4.98 Å². The number of aromatic nitrogens is 1. The summed E-state index contributed by atoms with van der Waals surface area (Å²) in [6.07, 6.45) is 1.47. The molecule has 6 nitrogen and oxygen atoms in total. The highest BCUT2D eigenvalue weighted by Crippen LogP contribution is 2.40. The molecule has 0 saturated heterocycles. The van der Waals surface area contributed by atoms with Gasteiger partial charge in [0.25, 0.3) is 0 Å². The van der Waals surface area contributed by atoms with Crippen molar-refractivity contribution < 1.29 is 14.2 Å². The third kappa shape index (κ3) is 3.63. The van der Waals surface area contributed by atoms with E-state index in [0.717, 1.165) is 5.56 Å². The highest BCUT2D eigenvalue weighted by atomic mass is 35.5. The highest BCUT2D eigenvalue weighted by molar-refractivity contribution is 6.33. The van der Waals surface area contributed by atoms with Crippen LogP contribution in [-0.2, 0) is 0 Å². The zero-order valence-electron chi connectivity index (χ0n) is 13.9. The average molecular weight is 348 g/mol. The Morgan fingerprint density at radius 2 is 1.75 bits per heavy atom. The van der Waals surface area contributed by atoms with Gasteiger partial charge in [-0.15, -0.1) is 0 Å². The van der Waals surface area contributed by atoms with E-state index in [-0.39, 0.29) is 6.04 Å². The minimum Gasteiger partial charge on any atom is -0.493 e. The van der Waals surface area contributed by atoms with Gasteiger partial charge in [-0.2, -0.15) is 5.26 Å². The van der Waals surface area contributed by atoms with E-state index in [1.807, 2.05) is 25.1 Å². The number of rotatable bonds is 6. The van der Waals surface area contributed by atoms with Crippen LogP contribution in [0.3, 0.4) is 0 Å². The predicted octanol–water partition coefficient (Wildman–Crippen LogP) is 3.81. The Labute approximate surface area is 145 Å². The van der Waals surface area contributed by atoms with Crippen molar-refractivity contribution in [3.63, 3.8) is 0 Å². The van der Waals surface area contributed by atoms with Crippen LogP contribution in [0.15, 0.2) is 24.4 Å². The second kappa shape index (κ2) is 7.75. The van der Waals surface area contributed by atoms with Gasteiger partial charge in [-0.1, -0.05) is 11.6 Å². The Balaban J connectivity index is 2.33. The molecule has 2 rings (SSSR count). The molecule has 24 heavy (non-hydrogen) atoms. The van der Waals surface area contributed by atoms with Crippen LogP contribution in [0.2, 0.25) is 5.02 Å². The molecule has 0 spiro atoms. The third-order valence-corrected chi connectivity index (χ3v) is 3.80. The topological polar surface area (TPSA) is 76.4 Å². The van der Waals surface area contributed by atoms with Crippen molar-refractivity contribution in [2.75, 3.05) is 26.6 Å². The van der Waals surface area contributed by atoms with E-state index in [0.29, 0.717) is 33.7 Å². The number of nitriles is 1. The monoisotopic (exact) mass is 347 g/mol. The fourth-order valence-electron chi connectivity index (χ4n) is 2.25. The van der Waals surface area contributed by atoms with Gasteiger partial charge in [-0.25, -0.2) is 4.98 Å². The smallest absolute Gasteiger partial charge is 0.203 e. The summed E-state index contributed by atoms with van der Waals surface area (Å²) in [7, 11) is 4.69. The first-order valence-corrected chi connectivity index (χ1v) is 7.53. The van der Waals surface area contributed by atoms with E-state index in [4.69, 9.17) is 31.1 Å². The summed E-state index contributed by atoms with van der Waals surface area (Å²) in [5.74, 6) is 2.17. The summed E-state index contributed by atoms with van der Waals surface area (Å²) < 4.78 is 16.0. The number of hydrogen-bond donors (Lipinski definition) is 1. The molecule has 0 fully saturated rings. The van der Waals surface area contributed by atoms with Gasteiger partial charge in [-0.3, -0.25) is 0 Å². The largest absolute Gasteiger partial charge is 0.493 e. The van der Waals surface area contributed by atoms with Crippen molar-refractivity contribution in [2.24, 2.45) is 0 Å². The van der Waals surface area contributed by atoms with Crippen molar-refractivity contribution >= 4 is 17.4 Å². The van der Waals surface area contributed by atoms with Crippen LogP contribution in [0.25, 0.3) is 0 Å². The molecule has 126 valence electrons. The number of anilines is 1. The molecule has 1 atom stereocenters. The van der Waals surface area contributed by atoms with Gasteiger partial charge in [0.05, 0.1) is 38.0 Å². The third-order valence-electron chi connectivity index (χ3n) is 3.51. The molecule has 0 aliphatic carbocycles. The number of methoxy groups -OCH3 is 3. The first-order chi connectivity index (χ1) is 11.5. The van der Waals surface area contributed by atoms with E-state index in [9.17, 15) is 0 Å². The molecular formula is C17H18ClN3O3. The molecule has 1 heterocycles. The van der Waals surface area contributed by atoms with Crippen molar-refractivity contribution in [3.8, 4) is 23.3 Å². The maximum atomic E-state index is 8.87. The summed E-state index contributed by atoms with van der Waals surface area (Å²) in [4.78, 5) is 4.18. The van der Waals surface area contributed by atoms with Crippen LogP contribution in [0.1, 0.15) is 24.1 Å². The minimum atomic E-state index is -0.128. The summed E-state index contributed by atoms with van der Waals surface area (Å²) in [6.45, 7) is 1.96. The lowest BCUT2D eigenvalue weighted by molar-refractivity contribution is 0.323. The first-order valence-electron chi connectivity index (χ1n) is 7.16. The fraction of sp³-hybridized carbons (Fsp3) is 0.294. The van der Waals surface area contributed by atoms with Gasteiger partial charge in [-0.05, 0) is 30.7 Å². The van der Waals surface area contributed by atoms with E-state index >= 15 is 0 Å². The average Bonchev–Trinajstić information content (AvgIpc) is 2.61. The van der Waals surface area contributed by atoms with Crippen LogP contribution >= 0.6 is 11.6 Å². The van der Waals surface area contributed by atoms with Gasteiger partial charge in [0.2, 0.25) is 5.75 Å². The summed E-state index contributed by atoms with van der Waals surface area (Å²) in [6, 6.07) is 7.16. The second-order valence-corrected chi connectivity index (χ2v) is 5.40. The van der Waals surface area contributed by atoms with Crippen LogP contribution in [-0.4, -0.2) is 26.3 Å². The Kier molecular flexibility index (Phi) is 5.72. The van der Waals surface area contributed by atoms with E-state index in [1.165, 1.54) is 6.20 Å². The molecule has 0 amide bonds. The van der Waals surface area contributed by atoms with Crippen molar-refractivity contribution in [2.45, 2.75) is 13.0 Å². The predicted molar refractivity (Wildman–Crippen MR) is 92.1 cm³/mol. The molecule has 1 N–H and O–H groups in total. The Hall–Kier alpha value is -2.65. The van der Waals surface area contributed by atoms with Gasteiger partial charge in [0, 0.05) is 6.20 Å². The number of ether oxygens (including phenoxy) is 3. The van der Waals surface area contributed by atoms with E-state index in [2.05, 4.69) is 10.3 Å². The van der Waals surface area contributed by atoms with Crippen molar-refractivity contribution in [1.29, 1.82) is 5.26 Å². The van der Waals surface area contributed by atoms with Crippen LogP contribution in [0, 0.1) is 11.3 Å². The summed E-state index contributed by atoms with van der Waals surface area (Å²) in [5.41, 5.74) is 1.32. The molecule has 0 radical (unpaired) electrons. The van der Waals surface area contributed by atoms with Crippen molar-refractivity contribution in [3.05, 3.63) is 40.5 Å². The SMILES string of the molecule is COc1cc(C(C)Nc2ncc(C#N)cc2Cl)cc(OC)c1OC. The minimum absolute atomic E-state index is 0.128. The summed E-state index contributed by atoms with van der Waals surface area (Å²) in [5, 5.41) is 12.5. The lowest BCUT2D eigenvalue weighted by atomic mass is 10.1. The summed E-state index contributed by atoms with van der Waals surface area (Å²) >= 11 is 6.16. The van der Waals surface area contributed by atoms with Crippen LogP contribution < -0.4 is 19.5 Å². The number of pyridine rings is 1. The second-order valence-electron chi connectivity index (χ2n) is 4.99. The molecule has 0 aliphatic heterocycles. The fourth-order valence-corrected chi connectivity index (χ4v) is 2.47. The van der Waals surface area contributed by atoms with Gasteiger partial charge >= 0.3 is 0 Å². The zero-order valence-corrected chi connectivity index (χ0v) is 14.6. The zero-order chi connectivity index (χ0) is 17.7. The van der Waals surface area contributed by atoms with Crippen LogP contribution in [0.5, 0.6) is 17.2 Å². The lowest BCUT2D eigenvalue weighted by Crippen LogP contribution is -2.09. The van der Waals surface area contributed by atoms with E-state index in [1.54, 1.807) is 27.4 Å². The van der Waals surface area contributed by atoms with Crippen LogP contribution in [0.4, 0.5) is 5.82 Å². The Bertz CT molecular complexity index is 749. The Morgan fingerprint density at radius 3 is 2.21 bits per heavy atom. The standard InChI is InChI=1S/C17H18ClN3O3/c1-10(21-17-13(18)5-11(8-19)9-20-17)12-6-14(22-2)16(24-4)15(7-12)23-3/h5-7,9-10H,1-4H3,(H,20,21). The molecule has 1 unspecified atom stereocenters. The molecule has 0 aliphatic rings. The normalized spacial score (nSPS) is 11.3. The molecule has 1 aromatic heterocycles. The molecule has 0 bridgehead atoms. The van der Waals surface area contributed by atoms with Gasteiger partial charge in [0.15, 0.2) is 11.5 Å².